The third-order valence-corrected chi connectivity index (χ3v) is 5.35. The molecule has 0 fully saturated rings. The smallest absolute Gasteiger partial charge is 0.406 e. The maximum absolute atomic E-state index is 12.2. The molecule has 152 valence electrons. The van der Waals surface area contributed by atoms with Gasteiger partial charge >= 0.3 is 6.36 Å². The van der Waals surface area contributed by atoms with Crippen molar-refractivity contribution in [3.63, 3.8) is 0 Å². The maximum Gasteiger partial charge on any atom is 0.573 e. The van der Waals surface area contributed by atoms with Crippen molar-refractivity contribution in [2.45, 2.75) is 37.6 Å². The van der Waals surface area contributed by atoms with Gasteiger partial charge in [-0.3, -0.25) is 4.79 Å². The van der Waals surface area contributed by atoms with E-state index in [0.717, 1.165) is 12.1 Å². The largest absolute Gasteiger partial charge is 0.573 e. The van der Waals surface area contributed by atoms with Crippen LogP contribution in [0.25, 0.3) is 0 Å². The molecule has 10 heteroatoms. The summed E-state index contributed by atoms with van der Waals surface area (Å²) >= 11 is 0. The van der Waals surface area contributed by atoms with Gasteiger partial charge in [0.25, 0.3) is 5.91 Å². The van der Waals surface area contributed by atoms with Crippen LogP contribution in [0, 0.1) is 0 Å². The number of rotatable bonds is 7. The zero-order valence-electron chi connectivity index (χ0n) is 15.1. The molecule has 2 rings (SSSR count). The molecule has 0 radical (unpaired) electrons. The lowest BCUT2D eigenvalue weighted by Gasteiger charge is -2.12. The zero-order valence-corrected chi connectivity index (χ0v) is 15.9. The van der Waals surface area contributed by atoms with Gasteiger partial charge in [-0.15, -0.1) is 13.2 Å². The number of hydrogen-bond acceptors (Lipinski definition) is 4. The number of carbonyl (C=O) groups excluding carboxylic acids is 1. The fourth-order valence-electron chi connectivity index (χ4n) is 2.14. The highest BCUT2D eigenvalue weighted by atomic mass is 32.2. The highest BCUT2D eigenvalue weighted by Gasteiger charge is 2.31. The van der Waals surface area contributed by atoms with Gasteiger partial charge in [-0.25, -0.2) is 13.1 Å². The minimum absolute atomic E-state index is 0.0259. The second-order valence-electron chi connectivity index (χ2n) is 5.98. The molecule has 2 aromatic rings. The second kappa shape index (κ2) is 8.61. The predicted molar refractivity (Wildman–Crippen MR) is 97.6 cm³/mol. The number of amides is 1. The average Bonchev–Trinajstić information content (AvgIpc) is 2.61. The Labute approximate surface area is 160 Å². The van der Waals surface area contributed by atoms with Gasteiger partial charge in [-0.1, -0.05) is 6.92 Å². The van der Waals surface area contributed by atoms with Crippen LogP contribution in [0.3, 0.4) is 0 Å². The van der Waals surface area contributed by atoms with Crippen molar-refractivity contribution in [2.75, 3.05) is 5.32 Å². The van der Waals surface area contributed by atoms with E-state index in [1.165, 1.54) is 36.4 Å². The number of hydrogen-bond donors (Lipinski definition) is 2. The molecule has 0 aliphatic heterocycles. The maximum atomic E-state index is 12.2. The van der Waals surface area contributed by atoms with Crippen LogP contribution in [0.5, 0.6) is 5.75 Å². The van der Waals surface area contributed by atoms with Gasteiger partial charge in [-0.05, 0) is 61.9 Å². The molecule has 28 heavy (non-hydrogen) atoms. The normalized spacial score (nSPS) is 13.0. The molecule has 0 saturated carbocycles. The molecule has 1 amide bonds. The number of halogens is 3. The Morgan fingerprint density at radius 3 is 2.14 bits per heavy atom. The number of ether oxygens (including phenoxy) is 1. The minimum Gasteiger partial charge on any atom is -0.406 e. The lowest BCUT2D eigenvalue weighted by molar-refractivity contribution is -0.274. The van der Waals surface area contributed by atoms with Gasteiger partial charge in [0.05, 0.1) is 4.90 Å². The summed E-state index contributed by atoms with van der Waals surface area (Å²) in [6, 6.07) is 9.74. The molecule has 0 saturated heterocycles. The summed E-state index contributed by atoms with van der Waals surface area (Å²) in [6.45, 7) is 3.59. The topological polar surface area (TPSA) is 84.5 Å². The molecule has 0 heterocycles. The van der Waals surface area contributed by atoms with E-state index in [9.17, 15) is 26.4 Å². The van der Waals surface area contributed by atoms with E-state index < -0.39 is 28.0 Å². The molecule has 0 aliphatic rings. The van der Waals surface area contributed by atoms with Crippen molar-refractivity contribution >= 4 is 21.6 Å². The molecule has 6 nitrogen and oxygen atoms in total. The van der Waals surface area contributed by atoms with Crippen LogP contribution in [0.15, 0.2) is 53.4 Å². The Morgan fingerprint density at radius 2 is 1.64 bits per heavy atom. The summed E-state index contributed by atoms with van der Waals surface area (Å²) in [6.07, 6.45) is -4.16. The molecule has 0 aliphatic carbocycles. The number of sulfonamides is 1. The van der Waals surface area contributed by atoms with E-state index in [1.54, 1.807) is 6.92 Å². The Hall–Kier alpha value is -2.59. The fraction of sp³-hybridized carbons (Fsp3) is 0.278. The van der Waals surface area contributed by atoms with Crippen molar-refractivity contribution in [2.24, 2.45) is 0 Å². The molecular weight excluding hydrogens is 397 g/mol. The van der Waals surface area contributed by atoms with Gasteiger partial charge in [0.2, 0.25) is 10.0 Å². The van der Waals surface area contributed by atoms with Crippen LogP contribution < -0.4 is 14.8 Å². The third kappa shape index (κ3) is 6.24. The molecule has 0 spiro atoms. The second-order valence-corrected chi connectivity index (χ2v) is 7.70. The average molecular weight is 416 g/mol. The molecule has 0 aromatic heterocycles. The number of alkyl halides is 3. The van der Waals surface area contributed by atoms with Crippen LogP contribution in [-0.2, 0) is 10.0 Å². The van der Waals surface area contributed by atoms with Gasteiger partial charge in [0.1, 0.15) is 5.75 Å². The predicted octanol–water partition coefficient (Wildman–Crippen LogP) is 3.91. The van der Waals surface area contributed by atoms with Gasteiger partial charge in [-0.2, -0.15) is 0 Å². The van der Waals surface area contributed by atoms with E-state index >= 15 is 0 Å². The first-order valence-corrected chi connectivity index (χ1v) is 9.78. The highest BCUT2D eigenvalue weighted by Crippen LogP contribution is 2.24. The van der Waals surface area contributed by atoms with Crippen LogP contribution in [-0.4, -0.2) is 26.7 Å². The van der Waals surface area contributed by atoms with E-state index in [2.05, 4.69) is 14.8 Å². The summed E-state index contributed by atoms with van der Waals surface area (Å²) in [5.74, 6) is -0.947. The lowest BCUT2D eigenvalue weighted by Crippen LogP contribution is -2.32. The zero-order chi connectivity index (χ0) is 20.9. The standard InChI is InChI=1S/C18H19F3N2O4S/c1-3-12(2)23-28(25,26)16-10-4-13(5-11-16)17(24)22-14-6-8-15(9-7-14)27-18(19,20)21/h4-12,23H,3H2,1-2H3,(H,22,24)/t12-/m0/s1. The van der Waals surface area contributed by atoms with Crippen LogP contribution in [0.2, 0.25) is 0 Å². The first kappa shape index (κ1) is 21.7. The first-order valence-electron chi connectivity index (χ1n) is 8.30. The lowest BCUT2D eigenvalue weighted by atomic mass is 10.2. The quantitative estimate of drug-likeness (QED) is 0.717. The van der Waals surface area contributed by atoms with Crippen molar-refractivity contribution in [3.8, 4) is 5.75 Å². The SMILES string of the molecule is CC[C@H](C)NS(=O)(=O)c1ccc(C(=O)Nc2ccc(OC(F)(F)F)cc2)cc1. The van der Waals surface area contributed by atoms with Gasteiger partial charge < -0.3 is 10.1 Å². The fourth-order valence-corrected chi connectivity index (χ4v) is 3.47. The summed E-state index contributed by atoms with van der Waals surface area (Å²) in [5.41, 5.74) is 0.452. The van der Waals surface area contributed by atoms with E-state index in [-0.39, 0.29) is 22.2 Å². The van der Waals surface area contributed by atoms with Crippen LogP contribution in [0.4, 0.5) is 18.9 Å². The summed E-state index contributed by atoms with van der Waals surface area (Å²) < 4.78 is 67.1. The van der Waals surface area contributed by atoms with Crippen molar-refractivity contribution in [1.82, 2.24) is 4.72 Å². The molecule has 1 atom stereocenters. The molecule has 2 N–H and O–H groups in total. The van der Waals surface area contributed by atoms with Gasteiger partial charge in [0.15, 0.2) is 0 Å². The monoisotopic (exact) mass is 416 g/mol. The number of nitrogens with one attached hydrogen (secondary N) is 2. The Morgan fingerprint density at radius 1 is 1.07 bits per heavy atom. The Bertz CT molecular complexity index is 911. The van der Waals surface area contributed by atoms with Crippen LogP contribution in [0.1, 0.15) is 30.6 Å². The number of carbonyl (C=O) groups is 1. The minimum atomic E-state index is -4.80. The van der Waals surface area contributed by atoms with Crippen molar-refractivity contribution < 1.29 is 31.1 Å². The molecular formula is C18H19F3N2O4S. The van der Waals surface area contributed by atoms with Gasteiger partial charge in [0, 0.05) is 17.3 Å². The summed E-state index contributed by atoms with van der Waals surface area (Å²) in [4.78, 5) is 12.3. The molecule has 2 aromatic carbocycles. The number of anilines is 1. The Balaban J connectivity index is 2.05. The Kier molecular flexibility index (Phi) is 6.68. The van der Waals surface area contributed by atoms with Crippen molar-refractivity contribution in [3.05, 3.63) is 54.1 Å². The molecule has 0 unspecified atom stereocenters. The number of benzene rings is 2. The van der Waals surface area contributed by atoms with E-state index in [4.69, 9.17) is 0 Å². The van der Waals surface area contributed by atoms with Crippen LogP contribution >= 0.6 is 0 Å². The summed E-state index contributed by atoms with van der Waals surface area (Å²) in [5, 5.41) is 2.51. The van der Waals surface area contributed by atoms with Crippen molar-refractivity contribution in [1.29, 1.82) is 0 Å². The summed E-state index contributed by atoms with van der Waals surface area (Å²) in [7, 11) is -3.68. The highest BCUT2D eigenvalue weighted by molar-refractivity contribution is 7.89. The molecule has 0 bridgehead atoms. The third-order valence-electron chi connectivity index (χ3n) is 3.74. The first-order chi connectivity index (χ1) is 13.0. The van der Waals surface area contributed by atoms with E-state index in [1.807, 2.05) is 6.92 Å². The van der Waals surface area contributed by atoms with E-state index in [0.29, 0.717) is 6.42 Å².